The summed E-state index contributed by atoms with van der Waals surface area (Å²) < 4.78 is 2.86. The third-order valence-corrected chi connectivity index (χ3v) is 4.06. The molecule has 0 fully saturated rings. The van der Waals surface area contributed by atoms with E-state index >= 15 is 0 Å². The van der Waals surface area contributed by atoms with Crippen molar-refractivity contribution in [1.82, 2.24) is 9.78 Å². The number of aliphatic hydroxyl groups is 1. The molecular weight excluding hydrogens is 300 g/mol. The maximum absolute atomic E-state index is 9.31. The highest BCUT2D eigenvalue weighted by Crippen LogP contribution is 2.32. The molecule has 0 atom stereocenters. The van der Waals surface area contributed by atoms with E-state index in [9.17, 15) is 5.11 Å². The molecule has 0 unspecified atom stereocenters. The van der Waals surface area contributed by atoms with Gasteiger partial charge in [-0.15, -0.1) is 0 Å². The molecule has 0 radical (unpaired) electrons. The molecular formula is C12H13BrN2OS. The molecule has 1 N–H and O–H groups in total. The van der Waals surface area contributed by atoms with Gasteiger partial charge in [0.2, 0.25) is 0 Å². The van der Waals surface area contributed by atoms with Crippen LogP contribution < -0.4 is 0 Å². The van der Waals surface area contributed by atoms with Gasteiger partial charge in [-0.2, -0.15) is 5.10 Å². The molecule has 0 aliphatic rings. The van der Waals surface area contributed by atoms with Gasteiger partial charge in [0.1, 0.15) is 0 Å². The van der Waals surface area contributed by atoms with Crippen molar-refractivity contribution in [2.75, 3.05) is 0 Å². The Hall–Kier alpha value is -0.780. The van der Waals surface area contributed by atoms with Crippen LogP contribution in [0.25, 0.3) is 0 Å². The van der Waals surface area contributed by atoms with Crippen LogP contribution in [0.2, 0.25) is 0 Å². The Morgan fingerprint density at radius 1 is 1.41 bits per heavy atom. The molecule has 2 aromatic rings. The van der Waals surface area contributed by atoms with Gasteiger partial charge in [-0.25, -0.2) is 0 Å². The monoisotopic (exact) mass is 312 g/mol. The largest absolute Gasteiger partial charge is 0.392 e. The van der Waals surface area contributed by atoms with E-state index in [1.54, 1.807) is 11.8 Å². The van der Waals surface area contributed by atoms with Gasteiger partial charge < -0.3 is 5.11 Å². The quantitative estimate of drug-likeness (QED) is 0.946. The van der Waals surface area contributed by atoms with E-state index in [-0.39, 0.29) is 6.61 Å². The summed E-state index contributed by atoms with van der Waals surface area (Å²) in [4.78, 5) is 1.05. The van der Waals surface area contributed by atoms with Crippen molar-refractivity contribution in [3.63, 3.8) is 0 Å². The summed E-state index contributed by atoms with van der Waals surface area (Å²) in [6.45, 7) is 2.02. The van der Waals surface area contributed by atoms with E-state index in [0.717, 1.165) is 25.7 Å². The first kappa shape index (κ1) is 12.7. The van der Waals surface area contributed by atoms with Crippen LogP contribution in [0.3, 0.4) is 0 Å². The molecule has 3 nitrogen and oxygen atoms in total. The van der Waals surface area contributed by atoms with Gasteiger partial charge in [-0.3, -0.25) is 4.68 Å². The Labute approximate surface area is 113 Å². The zero-order valence-electron chi connectivity index (χ0n) is 9.64. The van der Waals surface area contributed by atoms with Gasteiger partial charge in [0.15, 0.2) is 0 Å². The molecule has 1 aromatic heterocycles. The number of halogens is 1. The van der Waals surface area contributed by atoms with Crippen LogP contribution in [0, 0.1) is 6.92 Å². The number of rotatable bonds is 3. The fourth-order valence-electron chi connectivity index (χ4n) is 1.55. The van der Waals surface area contributed by atoms with E-state index in [2.05, 4.69) is 21.0 Å². The van der Waals surface area contributed by atoms with Crippen LogP contribution in [0.1, 0.15) is 11.3 Å². The zero-order chi connectivity index (χ0) is 12.4. The summed E-state index contributed by atoms with van der Waals surface area (Å²) in [7, 11) is 1.92. The fourth-order valence-corrected chi connectivity index (χ4v) is 3.14. The molecule has 0 spiro atoms. The average Bonchev–Trinajstić information content (AvgIpc) is 2.58. The smallest absolute Gasteiger partial charge is 0.0987 e. The van der Waals surface area contributed by atoms with Crippen molar-refractivity contribution in [1.29, 1.82) is 0 Å². The molecule has 0 aliphatic heterocycles. The lowest BCUT2D eigenvalue weighted by Gasteiger charge is -2.07. The van der Waals surface area contributed by atoms with E-state index in [4.69, 9.17) is 0 Å². The molecule has 0 saturated carbocycles. The second-order valence-electron chi connectivity index (χ2n) is 3.76. The standard InChI is InChI=1S/C12H13BrN2OS/c1-8-5-12(15(2)14-8)17-11-6-10(13)4-3-9(11)7-16/h3-6,16H,7H2,1-2H3. The molecule has 0 amide bonds. The van der Waals surface area contributed by atoms with Gasteiger partial charge in [0, 0.05) is 16.4 Å². The zero-order valence-corrected chi connectivity index (χ0v) is 12.0. The molecule has 1 heterocycles. The van der Waals surface area contributed by atoms with E-state index in [1.807, 2.05) is 42.9 Å². The Morgan fingerprint density at radius 2 is 2.18 bits per heavy atom. The number of nitrogens with zero attached hydrogens (tertiary/aromatic N) is 2. The molecule has 0 aliphatic carbocycles. The molecule has 0 bridgehead atoms. The summed E-state index contributed by atoms with van der Waals surface area (Å²) in [5, 5.41) is 14.7. The first-order valence-corrected chi connectivity index (χ1v) is 6.79. The van der Waals surface area contributed by atoms with E-state index < -0.39 is 0 Å². The summed E-state index contributed by atoms with van der Waals surface area (Å²) in [5.74, 6) is 0. The number of aromatic nitrogens is 2. The maximum atomic E-state index is 9.31. The first-order chi connectivity index (χ1) is 8.10. The predicted molar refractivity (Wildman–Crippen MR) is 72.1 cm³/mol. The molecule has 2 rings (SSSR count). The highest BCUT2D eigenvalue weighted by molar-refractivity contribution is 9.10. The molecule has 5 heteroatoms. The minimum atomic E-state index is 0.0481. The minimum absolute atomic E-state index is 0.0481. The number of hydrogen-bond donors (Lipinski definition) is 1. The number of aryl methyl sites for hydroxylation is 2. The lowest BCUT2D eigenvalue weighted by Crippen LogP contribution is -1.93. The van der Waals surface area contributed by atoms with Crippen molar-refractivity contribution in [2.45, 2.75) is 23.5 Å². The van der Waals surface area contributed by atoms with Gasteiger partial charge in [0.25, 0.3) is 0 Å². The molecule has 17 heavy (non-hydrogen) atoms. The van der Waals surface area contributed by atoms with Crippen LogP contribution in [0.5, 0.6) is 0 Å². The van der Waals surface area contributed by atoms with Crippen molar-refractivity contribution in [3.05, 3.63) is 40.0 Å². The SMILES string of the molecule is Cc1cc(Sc2cc(Br)ccc2CO)n(C)n1. The number of hydrogen-bond acceptors (Lipinski definition) is 3. The highest BCUT2D eigenvalue weighted by Gasteiger charge is 2.08. The Kier molecular flexibility index (Phi) is 3.91. The molecule has 0 saturated heterocycles. The van der Waals surface area contributed by atoms with Crippen molar-refractivity contribution < 1.29 is 5.11 Å². The second kappa shape index (κ2) is 5.25. The summed E-state index contributed by atoms with van der Waals surface area (Å²) in [6, 6.07) is 7.91. The lowest BCUT2D eigenvalue weighted by atomic mass is 10.2. The van der Waals surface area contributed by atoms with Crippen molar-refractivity contribution in [3.8, 4) is 0 Å². The van der Waals surface area contributed by atoms with Crippen LogP contribution in [0.15, 0.2) is 38.7 Å². The van der Waals surface area contributed by atoms with Gasteiger partial charge in [0.05, 0.1) is 17.3 Å². The van der Waals surface area contributed by atoms with Gasteiger partial charge >= 0.3 is 0 Å². The maximum Gasteiger partial charge on any atom is 0.0987 e. The van der Waals surface area contributed by atoms with Gasteiger partial charge in [-0.05, 0) is 30.7 Å². The van der Waals surface area contributed by atoms with Crippen molar-refractivity contribution in [2.24, 2.45) is 7.05 Å². The molecule has 1 aromatic carbocycles. The minimum Gasteiger partial charge on any atom is -0.392 e. The third-order valence-electron chi connectivity index (χ3n) is 2.37. The first-order valence-electron chi connectivity index (χ1n) is 5.18. The van der Waals surface area contributed by atoms with Crippen LogP contribution in [-0.2, 0) is 13.7 Å². The third kappa shape index (κ3) is 2.91. The van der Waals surface area contributed by atoms with Crippen LogP contribution in [-0.4, -0.2) is 14.9 Å². The van der Waals surface area contributed by atoms with E-state index in [0.29, 0.717) is 0 Å². The number of benzene rings is 1. The van der Waals surface area contributed by atoms with E-state index in [1.165, 1.54) is 0 Å². The fraction of sp³-hybridized carbons (Fsp3) is 0.250. The van der Waals surface area contributed by atoms with Crippen molar-refractivity contribution >= 4 is 27.7 Å². The molecule has 90 valence electrons. The van der Waals surface area contributed by atoms with Crippen LogP contribution >= 0.6 is 27.7 Å². The summed E-state index contributed by atoms with van der Waals surface area (Å²) in [6.07, 6.45) is 0. The second-order valence-corrected chi connectivity index (χ2v) is 5.74. The Bertz CT molecular complexity index is 539. The highest BCUT2D eigenvalue weighted by atomic mass is 79.9. The predicted octanol–water partition coefficient (Wildman–Crippen LogP) is 3.13. The summed E-state index contributed by atoms with van der Waals surface area (Å²) >= 11 is 5.06. The number of aliphatic hydroxyl groups excluding tert-OH is 1. The topological polar surface area (TPSA) is 38.0 Å². The normalized spacial score (nSPS) is 10.8. The Balaban J connectivity index is 2.35. The Morgan fingerprint density at radius 3 is 2.76 bits per heavy atom. The van der Waals surface area contributed by atoms with Gasteiger partial charge in [-0.1, -0.05) is 33.8 Å². The van der Waals surface area contributed by atoms with Crippen LogP contribution in [0.4, 0.5) is 0 Å². The average molecular weight is 313 g/mol. The lowest BCUT2D eigenvalue weighted by molar-refractivity contribution is 0.279. The summed E-state index contributed by atoms with van der Waals surface area (Å²) in [5.41, 5.74) is 1.92.